The fourth-order valence-electron chi connectivity index (χ4n) is 6.91. The lowest BCUT2D eigenvalue weighted by Crippen LogP contribution is -2.40. The quantitative estimate of drug-likeness (QED) is 0.0393. The predicted molar refractivity (Wildman–Crippen MR) is 208 cm³/mol. The fourth-order valence-corrected chi connectivity index (χ4v) is 6.91. The summed E-state index contributed by atoms with van der Waals surface area (Å²) in [7, 11) is 0. The zero-order valence-electron chi connectivity index (χ0n) is 32.3. The molecule has 2 amide bonds. The van der Waals surface area contributed by atoms with Crippen molar-refractivity contribution >= 4 is 11.8 Å². The predicted octanol–water partition coefficient (Wildman–Crippen LogP) is 9.21. The van der Waals surface area contributed by atoms with E-state index in [0.29, 0.717) is 25.8 Å². The van der Waals surface area contributed by atoms with E-state index in [1.807, 2.05) is 36.4 Å². The zero-order valence-corrected chi connectivity index (χ0v) is 32.3. The van der Waals surface area contributed by atoms with E-state index < -0.39 is 6.29 Å². The Labute approximate surface area is 314 Å². The minimum Gasteiger partial charge on any atom is -0.392 e. The summed E-state index contributed by atoms with van der Waals surface area (Å²) in [5.74, 6) is -0.358. The number of benzene rings is 2. The van der Waals surface area contributed by atoms with Gasteiger partial charge in [-0.3, -0.25) is 14.8 Å². The first-order valence-electron chi connectivity index (χ1n) is 20.5. The average Bonchev–Trinajstić information content (AvgIpc) is 3.17. The fraction of sp³-hybridized carbons (Fsp3) is 0.674. The second-order valence-corrected chi connectivity index (χ2v) is 14.7. The third-order valence-electron chi connectivity index (χ3n) is 10.2. The summed E-state index contributed by atoms with van der Waals surface area (Å²) in [5.41, 5.74) is 5.61. The first-order chi connectivity index (χ1) is 25.4. The van der Waals surface area contributed by atoms with Crippen molar-refractivity contribution in [1.29, 1.82) is 0 Å². The van der Waals surface area contributed by atoms with Crippen LogP contribution in [-0.2, 0) is 32.2 Å². The maximum absolute atomic E-state index is 12.4. The Morgan fingerprint density at radius 1 is 0.673 bits per heavy atom. The van der Waals surface area contributed by atoms with Crippen LogP contribution in [0, 0.1) is 0 Å². The number of carbonyl (C=O) groups excluding carboxylic acids is 2. The third kappa shape index (κ3) is 17.8. The molecule has 3 atom stereocenters. The van der Waals surface area contributed by atoms with Gasteiger partial charge in [0.2, 0.25) is 11.8 Å². The molecule has 3 unspecified atom stereocenters. The van der Waals surface area contributed by atoms with Gasteiger partial charge in [-0.2, -0.15) is 0 Å². The van der Waals surface area contributed by atoms with Gasteiger partial charge in [0.25, 0.3) is 0 Å². The summed E-state index contributed by atoms with van der Waals surface area (Å²) >= 11 is 0. The van der Waals surface area contributed by atoms with E-state index in [1.165, 1.54) is 77.0 Å². The highest BCUT2D eigenvalue weighted by molar-refractivity contribution is 5.75. The number of unbranched alkanes of at least 4 members (excludes halogenated alkanes) is 13. The monoisotopic (exact) mass is 724 g/mol. The number of aliphatic hydroxyl groups is 1. The first-order valence-corrected chi connectivity index (χ1v) is 20.5. The average molecular weight is 724 g/mol. The molecule has 9 nitrogen and oxygen atoms in total. The van der Waals surface area contributed by atoms with Crippen molar-refractivity contribution in [3.8, 4) is 0 Å². The molecule has 0 radical (unpaired) electrons. The molecular formula is C43H69N3O6. The zero-order chi connectivity index (χ0) is 37.2. The Bertz CT molecular complexity index is 1210. The lowest BCUT2D eigenvalue weighted by molar-refractivity contribution is -0.253. The van der Waals surface area contributed by atoms with Crippen LogP contribution in [0.3, 0.4) is 0 Å². The van der Waals surface area contributed by atoms with Crippen LogP contribution in [0.5, 0.6) is 0 Å². The van der Waals surface area contributed by atoms with Crippen LogP contribution in [0.4, 0.5) is 0 Å². The van der Waals surface area contributed by atoms with E-state index in [1.54, 1.807) is 5.48 Å². The van der Waals surface area contributed by atoms with Gasteiger partial charge >= 0.3 is 0 Å². The van der Waals surface area contributed by atoms with Crippen molar-refractivity contribution < 1.29 is 29.4 Å². The van der Waals surface area contributed by atoms with Gasteiger partial charge in [-0.05, 0) is 55.5 Å². The van der Waals surface area contributed by atoms with Crippen molar-refractivity contribution in [1.82, 2.24) is 15.7 Å². The number of rotatable bonds is 28. The highest BCUT2D eigenvalue weighted by Gasteiger charge is 2.33. The largest absolute Gasteiger partial charge is 0.392 e. The molecule has 52 heavy (non-hydrogen) atoms. The number of hydroxylamine groups is 1. The van der Waals surface area contributed by atoms with Crippen LogP contribution in [0.15, 0.2) is 48.5 Å². The molecule has 2 aromatic carbocycles. The van der Waals surface area contributed by atoms with Crippen LogP contribution >= 0.6 is 0 Å². The lowest BCUT2D eigenvalue weighted by Gasteiger charge is -2.38. The van der Waals surface area contributed by atoms with Crippen LogP contribution in [0.25, 0.3) is 0 Å². The Balaban J connectivity index is 1.60. The minimum absolute atomic E-state index is 0.0144. The SMILES string of the molecule is CCCCCCCCN(CCCCCCCC)CC1CC(c2ccc(CO)cc2)OC(c2ccc(CNC(=O)CCCCCCC(=O)NO)cc2)O1. The van der Waals surface area contributed by atoms with E-state index in [-0.39, 0.29) is 30.6 Å². The van der Waals surface area contributed by atoms with E-state index in [4.69, 9.17) is 14.7 Å². The Kier molecular flexibility index (Phi) is 22.5. The third-order valence-corrected chi connectivity index (χ3v) is 10.2. The molecule has 1 aliphatic heterocycles. The van der Waals surface area contributed by atoms with Crippen molar-refractivity contribution in [3.63, 3.8) is 0 Å². The molecule has 1 aliphatic rings. The topological polar surface area (TPSA) is 120 Å². The lowest BCUT2D eigenvalue weighted by atomic mass is 9.99. The first kappa shape index (κ1) is 43.6. The van der Waals surface area contributed by atoms with Gasteiger partial charge in [-0.25, -0.2) is 5.48 Å². The van der Waals surface area contributed by atoms with Crippen LogP contribution in [0.2, 0.25) is 0 Å². The molecule has 292 valence electrons. The molecule has 0 bridgehead atoms. The van der Waals surface area contributed by atoms with Gasteiger partial charge in [0.1, 0.15) is 0 Å². The van der Waals surface area contributed by atoms with Gasteiger partial charge in [-0.15, -0.1) is 0 Å². The van der Waals surface area contributed by atoms with Crippen molar-refractivity contribution in [2.75, 3.05) is 19.6 Å². The van der Waals surface area contributed by atoms with E-state index in [9.17, 15) is 14.7 Å². The number of amides is 2. The molecule has 4 N–H and O–H groups in total. The maximum atomic E-state index is 12.4. The van der Waals surface area contributed by atoms with Crippen LogP contribution < -0.4 is 10.8 Å². The second-order valence-electron chi connectivity index (χ2n) is 14.7. The van der Waals surface area contributed by atoms with Crippen molar-refractivity contribution in [2.24, 2.45) is 0 Å². The standard InChI is InChI=1S/C43H69N3O6/c1-3-5-7-9-13-17-29-46(30-18-14-10-8-6-4-2)33-39-31-40(37-25-23-36(34-47)24-26-37)52-43(51-39)38-27-21-35(22-28-38)32-44-41(48)19-15-11-12-16-20-42(49)45-50/h21-28,39-40,43,47,50H,3-20,29-34H2,1-2H3,(H,44,48)(H,45,49). The van der Waals surface area contributed by atoms with Crippen LogP contribution in [-0.4, -0.2) is 52.8 Å². The molecule has 0 aliphatic carbocycles. The van der Waals surface area contributed by atoms with E-state index in [0.717, 1.165) is 67.6 Å². The van der Waals surface area contributed by atoms with Crippen LogP contribution in [0.1, 0.15) is 170 Å². The van der Waals surface area contributed by atoms with E-state index >= 15 is 0 Å². The second kappa shape index (κ2) is 26.9. The Morgan fingerprint density at radius 2 is 1.19 bits per heavy atom. The molecule has 2 aromatic rings. The highest BCUT2D eigenvalue weighted by atomic mass is 16.7. The molecular weight excluding hydrogens is 654 g/mol. The molecule has 3 rings (SSSR count). The van der Waals surface area contributed by atoms with Crippen molar-refractivity contribution in [2.45, 2.75) is 167 Å². The summed E-state index contributed by atoms with van der Waals surface area (Å²) in [4.78, 5) is 26.2. The van der Waals surface area contributed by atoms with E-state index in [2.05, 4.69) is 36.2 Å². The van der Waals surface area contributed by atoms with Gasteiger partial charge in [0, 0.05) is 37.9 Å². The summed E-state index contributed by atoms with van der Waals surface area (Å²) < 4.78 is 13.4. The van der Waals surface area contributed by atoms with Gasteiger partial charge in [0.05, 0.1) is 18.8 Å². The Morgan fingerprint density at radius 3 is 1.77 bits per heavy atom. The molecule has 1 heterocycles. The summed E-state index contributed by atoms with van der Waals surface area (Å²) in [6.45, 7) is 8.11. The van der Waals surface area contributed by atoms with Gasteiger partial charge < -0.3 is 24.8 Å². The number of aliphatic hydroxyl groups excluding tert-OH is 1. The number of carbonyl (C=O) groups is 2. The molecule has 0 aromatic heterocycles. The maximum Gasteiger partial charge on any atom is 0.243 e. The normalized spacial score (nSPS) is 17.4. The summed E-state index contributed by atoms with van der Waals surface area (Å²) in [6, 6.07) is 16.3. The summed E-state index contributed by atoms with van der Waals surface area (Å²) in [6.07, 6.45) is 19.6. The molecule has 0 spiro atoms. The number of hydrogen-bond acceptors (Lipinski definition) is 7. The molecule has 1 fully saturated rings. The number of nitrogens with zero attached hydrogens (tertiary/aromatic N) is 1. The minimum atomic E-state index is -0.502. The summed E-state index contributed by atoms with van der Waals surface area (Å²) in [5, 5.41) is 21.2. The van der Waals surface area contributed by atoms with Gasteiger partial charge in [0.15, 0.2) is 6.29 Å². The number of nitrogens with one attached hydrogen (secondary N) is 2. The Hall–Kier alpha value is -2.82. The molecule has 1 saturated heterocycles. The van der Waals surface area contributed by atoms with Gasteiger partial charge in [-0.1, -0.05) is 139 Å². The number of ether oxygens (including phenoxy) is 2. The highest BCUT2D eigenvalue weighted by Crippen LogP contribution is 2.38. The smallest absolute Gasteiger partial charge is 0.243 e. The number of hydrogen-bond donors (Lipinski definition) is 4. The molecule has 9 heteroatoms. The van der Waals surface area contributed by atoms with Crippen molar-refractivity contribution in [3.05, 3.63) is 70.8 Å². The molecule has 0 saturated carbocycles.